The van der Waals surface area contributed by atoms with Crippen LogP contribution in [0.2, 0.25) is 5.28 Å². The van der Waals surface area contributed by atoms with Gasteiger partial charge in [0, 0.05) is 7.05 Å². The summed E-state index contributed by atoms with van der Waals surface area (Å²) in [6.07, 6.45) is -4.09. The van der Waals surface area contributed by atoms with Crippen LogP contribution in [0.3, 0.4) is 0 Å². The molecule has 1 saturated heterocycles. The molecule has 0 spiro atoms. The van der Waals surface area contributed by atoms with Crippen molar-refractivity contribution in [3.63, 3.8) is 0 Å². The Morgan fingerprint density at radius 1 is 1.26 bits per heavy atom. The zero-order valence-corrected chi connectivity index (χ0v) is 20.2. The topological polar surface area (TPSA) is 176 Å². The van der Waals surface area contributed by atoms with Crippen LogP contribution in [0.4, 0.5) is 5.82 Å². The molecule has 5 rings (SSSR count). The lowest BCUT2D eigenvalue weighted by atomic mass is 10.1. The second-order valence-electron chi connectivity index (χ2n) is 8.60. The van der Waals surface area contributed by atoms with Crippen LogP contribution in [-0.4, -0.2) is 83.3 Å². The van der Waals surface area contributed by atoms with Crippen molar-refractivity contribution in [3.05, 3.63) is 40.7 Å². The number of nitrogens with zero attached hydrogens (tertiary/aromatic N) is 6. The van der Waals surface area contributed by atoms with Crippen LogP contribution in [-0.2, 0) is 20.5 Å². The fraction of sp³-hybridized carbons (Fsp3) is 0.500. The van der Waals surface area contributed by atoms with E-state index in [0.717, 1.165) is 12.8 Å². The maximum atomic E-state index is 11.0. The largest absolute Gasteiger partial charge is 0.387 e. The van der Waals surface area contributed by atoms with Gasteiger partial charge in [0.25, 0.3) is 0 Å². The van der Waals surface area contributed by atoms with Crippen molar-refractivity contribution in [1.29, 1.82) is 0 Å². The van der Waals surface area contributed by atoms with E-state index in [0.29, 0.717) is 11.3 Å². The van der Waals surface area contributed by atoms with Crippen LogP contribution in [0.25, 0.3) is 11.2 Å². The molecule has 5 atom stereocenters. The van der Waals surface area contributed by atoms with E-state index in [1.54, 1.807) is 0 Å². The molecule has 1 aliphatic carbocycles. The van der Waals surface area contributed by atoms with E-state index in [-0.39, 0.29) is 23.6 Å². The standard InChI is InChI=1S/C20H24ClN6O7P/c1-26(12-7-6-10-4-2-3-5-11(10)12)17-14-18(23-20(21)22-17)27(25-24-14)19-16(29)15(28)13(34-19)8-33-9-35(30,31)32/h2-5,12-13,15-16,19,28-29H,6-9H2,1H3,(H2,30,31,32)/t12-,13+,15+,16+,19+/m0/s1. The maximum absolute atomic E-state index is 11.0. The summed E-state index contributed by atoms with van der Waals surface area (Å²) in [5, 5.41) is 29.2. The third kappa shape index (κ3) is 4.66. The minimum absolute atomic E-state index is 0.0520. The van der Waals surface area contributed by atoms with E-state index in [2.05, 4.69) is 32.4 Å². The van der Waals surface area contributed by atoms with E-state index in [1.165, 1.54) is 15.8 Å². The Balaban J connectivity index is 1.43. The predicted octanol–water partition coefficient (Wildman–Crippen LogP) is 0.769. The van der Waals surface area contributed by atoms with Crippen LogP contribution in [0, 0.1) is 0 Å². The molecule has 188 valence electrons. The van der Waals surface area contributed by atoms with Gasteiger partial charge in [-0.2, -0.15) is 14.6 Å². The molecule has 0 amide bonds. The number of halogens is 1. The molecule has 13 nitrogen and oxygen atoms in total. The summed E-state index contributed by atoms with van der Waals surface area (Å²) in [5.41, 5.74) is 3.01. The summed E-state index contributed by atoms with van der Waals surface area (Å²) in [6.45, 7) is -0.350. The first-order valence-corrected chi connectivity index (χ1v) is 13.0. The lowest BCUT2D eigenvalue weighted by Crippen LogP contribution is -2.34. The minimum atomic E-state index is -4.39. The predicted molar refractivity (Wildman–Crippen MR) is 123 cm³/mol. The molecule has 0 bridgehead atoms. The smallest absolute Gasteiger partial charge is 0.350 e. The number of fused-ring (bicyclic) bond motifs is 2. The van der Waals surface area contributed by atoms with Crippen LogP contribution in [0.5, 0.6) is 0 Å². The molecule has 3 aromatic rings. The Hall–Kier alpha value is -2.22. The molecule has 0 saturated carbocycles. The Bertz CT molecular complexity index is 1290. The molecule has 4 N–H and O–H groups in total. The highest BCUT2D eigenvalue weighted by molar-refractivity contribution is 7.51. The first-order chi connectivity index (χ1) is 16.6. The van der Waals surface area contributed by atoms with E-state index in [1.807, 2.05) is 24.1 Å². The van der Waals surface area contributed by atoms with Gasteiger partial charge in [-0.05, 0) is 35.6 Å². The van der Waals surface area contributed by atoms with Gasteiger partial charge in [0.1, 0.15) is 24.7 Å². The molecule has 0 unspecified atom stereocenters. The fourth-order valence-corrected chi connectivity index (χ4v) is 5.15. The number of aromatic nitrogens is 5. The summed E-state index contributed by atoms with van der Waals surface area (Å²) >= 11 is 6.25. The van der Waals surface area contributed by atoms with Crippen molar-refractivity contribution in [2.75, 3.05) is 24.9 Å². The van der Waals surface area contributed by atoms with Crippen molar-refractivity contribution in [1.82, 2.24) is 25.0 Å². The molecule has 0 radical (unpaired) electrons. The second-order valence-corrected chi connectivity index (χ2v) is 10.5. The number of aryl methyl sites for hydroxylation is 1. The number of aliphatic hydroxyl groups is 2. The maximum Gasteiger partial charge on any atom is 0.350 e. The number of hydrogen-bond donors (Lipinski definition) is 4. The van der Waals surface area contributed by atoms with E-state index < -0.39 is 38.5 Å². The molecule has 1 aromatic carbocycles. The van der Waals surface area contributed by atoms with Crippen molar-refractivity contribution >= 4 is 36.2 Å². The zero-order chi connectivity index (χ0) is 24.9. The normalized spacial score (nSPS) is 26.4. The average Bonchev–Trinajstić information content (AvgIpc) is 3.49. The summed E-state index contributed by atoms with van der Waals surface area (Å²) in [6, 6.07) is 8.24. The Kier molecular flexibility index (Phi) is 6.53. The number of ether oxygens (including phenoxy) is 2. The summed E-state index contributed by atoms with van der Waals surface area (Å²) in [5.74, 6) is 0.461. The highest BCUT2D eigenvalue weighted by atomic mass is 35.5. The second kappa shape index (κ2) is 9.34. The molecule has 3 heterocycles. The van der Waals surface area contributed by atoms with Gasteiger partial charge in [-0.1, -0.05) is 29.5 Å². The van der Waals surface area contributed by atoms with E-state index in [9.17, 15) is 14.8 Å². The van der Waals surface area contributed by atoms with Gasteiger partial charge in [0.2, 0.25) is 5.28 Å². The molecular formula is C20H24ClN6O7P. The number of aliphatic hydroxyl groups excluding tert-OH is 2. The molecule has 2 aliphatic rings. The fourth-order valence-electron chi connectivity index (χ4n) is 4.65. The molecular weight excluding hydrogens is 503 g/mol. The van der Waals surface area contributed by atoms with Gasteiger partial charge in [0.05, 0.1) is 12.6 Å². The number of benzene rings is 1. The van der Waals surface area contributed by atoms with Crippen molar-refractivity contribution in [2.24, 2.45) is 0 Å². The van der Waals surface area contributed by atoms with Crippen molar-refractivity contribution in [2.45, 2.75) is 43.4 Å². The minimum Gasteiger partial charge on any atom is -0.387 e. The lowest BCUT2D eigenvalue weighted by Gasteiger charge is -2.26. The van der Waals surface area contributed by atoms with Gasteiger partial charge in [-0.15, -0.1) is 5.10 Å². The highest BCUT2D eigenvalue weighted by Crippen LogP contribution is 2.39. The van der Waals surface area contributed by atoms with E-state index in [4.69, 9.17) is 30.9 Å². The Morgan fingerprint density at radius 3 is 2.80 bits per heavy atom. The molecule has 35 heavy (non-hydrogen) atoms. The zero-order valence-electron chi connectivity index (χ0n) is 18.5. The molecule has 2 aromatic heterocycles. The van der Waals surface area contributed by atoms with Gasteiger partial charge in [0.15, 0.2) is 23.2 Å². The van der Waals surface area contributed by atoms with Crippen molar-refractivity contribution in [3.8, 4) is 0 Å². The highest BCUT2D eigenvalue weighted by Gasteiger charge is 2.45. The third-order valence-corrected chi connectivity index (χ3v) is 6.99. The third-order valence-electron chi connectivity index (χ3n) is 6.30. The number of anilines is 1. The van der Waals surface area contributed by atoms with Gasteiger partial charge < -0.3 is 34.4 Å². The lowest BCUT2D eigenvalue weighted by molar-refractivity contribution is -0.0665. The van der Waals surface area contributed by atoms with Crippen LogP contribution in [0.1, 0.15) is 29.8 Å². The first-order valence-electron chi connectivity index (χ1n) is 10.9. The van der Waals surface area contributed by atoms with Crippen LogP contribution in [0.15, 0.2) is 24.3 Å². The van der Waals surface area contributed by atoms with Crippen LogP contribution < -0.4 is 4.90 Å². The summed E-state index contributed by atoms with van der Waals surface area (Å²) in [4.78, 5) is 28.5. The Labute approximate surface area is 204 Å². The summed E-state index contributed by atoms with van der Waals surface area (Å²) < 4.78 is 22.9. The quantitative estimate of drug-likeness (QED) is 0.251. The number of rotatable bonds is 7. The number of hydrogen-bond acceptors (Lipinski definition) is 10. The van der Waals surface area contributed by atoms with Gasteiger partial charge in [-0.3, -0.25) is 4.57 Å². The van der Waals surface area contributed by atoms with E-state index >= 15 is 0 Å². The summed E-state index contributed by atoms with van der Waals surface area (Å²) in [7, 11) is -2.50. The average molecular weight is 527 g/mol. The molecule has 1 aliphatic heterocycles. The SMILES string of the molecule is CN(c1nc(Cl)nc2c1nnn2[C@@H]1O[C@H](COCP(=O)(O)O)[C@@H](O)[C@H]1O)[C@H]1CCc2ccccc21. The van der Waals surface area contributed by atoms with Gasteiger partial charge >= 0.3 is 7.60 Å². The van der Waals surface area contributed by atoms with Crippen LogP contribution >= 0.6 is 19.2 Å². The molecule has 15 heteroatoms. The first kappa shape index (κ1) is 24.5. The van der Waals surface area contributed by atoms with Gasteiger partial charge in [-0.25, -0.2) is 0 Å². The van der Waals surface area contributed by atoms with Crippen molar-refractivity contribution < 1.29 is 34.0 Å². The molecule has 1 fully saturated rings. The monoisotopic (exact) mass is 526 g/mol. The Morgan fingerprint density at radius 2 is 2.03 bits per heavy atom.